The van der Waals surface area contributed by atoms with E-state index in [1.54, 1.807) is 67.7 Å². The van der Waals surface area contributed by atoms with Crippen LogP contribution in [0.4, 0.5) is 8.78 Å². The number of ether oxygens (including phenoxy) is 3. The van der Waals surface area contributed by atoms with E-state index in [0.29, 0.717) is 65.5 Å². The Kier molecular flexibility index (Phi) is 26.0. The van der Waals surface area contributed by atoms with Gasteiger partial charge in [0.25, 0.3) is 17.0 Å². The number of aromatic amines is 2. The summed E-state index contributed by atoms with van der Waals surface area (Å²) >= 11 is 0. The van der Waals surface area contributed by atoms with Crippen LogP contribution in [0, 0.1) is 11.6 Å². The number of methoxy groups -OCH3 is 3. The van der Waals surface area contributed by atoms with Crippen LogP contribution in [0.2, 0.25) is 0 Å². The predicted octanol–water partition coefficient (Wildman–Crippen LogP) is 8.12. The standard InChI is InChI=1S/C23H24FN3O3.C16H11FN2O3.C8H17NO.2C7H15NO.C6H13NO/c1-23(30-2)9-11-27(12-10-23)22(29)18-13-15(7-8-19(18)24)14-20-16-5-3-4-6-17(16)21(28)26-25-20;17-13-6-5-9(7-12(13)16(21)22)8-14-10-3-1-2-4-11(10)15(20)19-18-14;1-8(10-3)4-6-9(2)7-5-8;1-7(9-2)3-5-8-6-4-7;1-7(9)3-5-8(2)6-4-7;1-6(8)2-4-7-5-3-6/h3-8,13H,9-12,14H2,1-2H3,(H,26,28);1-7H,8H2,(H,19,20)(H,21,22);4-7H2,1-3H3;8H,3-6H2,1-2H3;9H,3-6H2,1-2H3;7-8H,2-5H2,1H3. The van der Waals surface area contributed by atoms with Gasteiger partial charge in [-0.1, -0.05) is 48.5 Å². The van der Waals surface area contributed by atoms with Crippen molar-refractivity contribution in [2.75, 3.05) is 101 Å². The van der Waals surface area contributed by atoms with Gasteiger partial charge in [0.1, 0.15) is 11.6 Å². The fourth-order valence-electron chi connectivity index (χ4n) is 10.8. The molecule has 0 unspecified atom stereocenters. The van der Waals surface area contributed by atoms with Crippen molar-refractivity contribution in [1.82, 2.24) is 45.7 Å². The monoisotopic (exact) mass is 1220 g/mol. The molecule has 11 rings (SSSR count). The Morgan fingerprint density at radius 2 is 0.864 bits per heavy atom. The number of carboxylic acids is 1. The van der Waals surface area contributed by atoms with Gasteiger partial charge in [0.05, 0.1) is 61.3 Å². The lowest BCUT2D eigenvalue weighted by atomic mass is 9.93. The molecule has 88 heavy (non-hydrogen) atoms. The number of carbonyl (C=O) groups is 2. The molecule has 0 atom stereocenters. The highest BCUT2D eigenvalue weighted by Crippen LogP contribution is 2.28. The van der Waals surface area contributed by atoms with Crippen LogP contribution >= 0.6 is 0 Å². The van der Waals surface area contributed by atoms with Crippen LogP contribution in [0.1, 0.15) is 142 Å². The van der Waals surface area contributed by atoms with Gasteiger partial charge in [0, 0.05) is 84.2 Å². The number of aliphatic hydroxyl groups is 2. The third kappa shape index (κ3) is 21.1. The van der Waals surface area contributed by atoms with E-state index in [2.05, 4.69) is 68.8 Å². The summed E-state index contributed by atoms with van der Waals surface area (Å²) in [5.74, 6) is -2.95. The highest BCUT2D eigenvalue weighted by Gasteiger charge is 2.33. The average molecular weight is 1220 g/mol. The van der Waals surface area contributed by atoms with Gasteiger partial charge in [-0.15, -0.1) is 0 Å². The summed E-state index contributed by atoms with van der Waals surface area (Å²) in [6.07, 6.45) is 10.3. The van der Waals surface area contributed by atoms with Gasteiger partial charge in [-0.3, -0.25) is 14.4 Å². The Bertz CT molecular complexity index is 3320. The first-order valence-electron chi connectivity index (χ1n) is 30.6. The third-order valence-electron chi connectivity index (χ3n) is 17.9. The van der Waals surface area contributed by atoms with Crippen molar-refractivity contribution in [3.8, 4) is 0 Å². The lowest BCUT2D eigenvalue weighted by Crippen LogP contribution is -2.46. The molecule has 482 valence electrons. The molecule has 19 nitrogen and oxygen atoms in total. The number of hydrogen-bond acceptors (Lipinski definition) is 15. The molecule has 6 aromatic rings. The van der Waals surface area contributed by atoms with Crippen LogP contribution in [0.3, 0.4) is 0 Å². The summed E-state index contributed by atoms with van der Waals surface area (Å²) in [7, 11) is 9.54. The Morgan fingerprint density at radius 1 is 0.511 bits per heavy atom. The summed E-state index contributed by atoms with van der Waals surface area (Å²) in [5.41, 5.74) is 1.06. The maximum Gasteiger partial charge on any atom is 0.338 e. The number of aromatic carboxylic acids is 1. The van der Waals surface area contributed by atoms with Crippen molar-refractivity contribution in [2.24, 2.45) is 0 Å². The lowest BCUT2D eigenvalue weighted by Gasteiger charge is -2.38. The Balaban J connectivity index is 0.000000184. The fraction of sp³-hybridized carbons (Fsp3) is 0.552. The molecule has 5 fully saturated rings. The van der Waals surface area contributed by atoms with E-state index in [0.717, 1.165) is 94.8 Å². The number of fused-ring (bicyclic) bond motifs is 2. The highest BCUT2D eigenvalue weighted by atomic mass is 19.1. The van der Waals surface area contributed by atoms with Gasteiger partial charge in [-0.05, 0) is 187 Å². The number of rotatable bonds is 9. The first kappa shape index (κ1) is 70.7. The van der Waals surface area contributed by atoms with Crippen molar-refractivity contribution in [2.45, 2.75) is 140 Å². The molecule has 0 aliphatic carbocycles. The van der Waals surface area contributed by atoms with Crippen molar-refractivity contribution < 1.29 is 47.9 Å². The SMILES string of the molecule is CC1(O)CCNCC1.CN1CCC(C)(O)CC1.COC1(C)CCN(C(=O)c2cc(Cc3n[nH]c(=O)c4ccccc34)ccc2F)CC1.COC1(C)CCN(C)CC1.COC1(C)CCNCC1.O=C(O)c1cc(Cc2n[nH]c(=O)c3ccccc23)ccc1F. The van der Waals surface area contributed by atoms with Gasteiger partial charge >= 0.3 is 5.97 Å². The van der Waals surface area contributed by atoms with Crippen LogP contribution in [0.25, 0.3) is 21.5 Å². The molecule has 0 bridgehead atoms. The highest BCUT2D eigenvalue weighted by molar-refractivity contribution is 5.95. The van der Waals surface area contributed by atoms with Crippen molar-refractivity contribution in [3.05, 3.63) is 151 Å². The number of carbonyl (C=O) groups excluding carboxylic acids is 1. The lowest BCUT2D eigenvalue weighted by molar-refractivity contribution is -0.0384. The molecule has 4 aromatic carbocycles. The maximum absolute atomic E-state index is 14.5. The minimum atomic E-state index is -1.32. The number of hydrogen-bond donors (Lipinski definition) is 7. The molecular formula is C67H95F2N9O10. The van der Waals surface area contributed by atoms with Gasteiger partial charge < -0.3 is 54.9 Å². The second-order valence-electron chi connectivity index (χ2n) is 25.2. The van der Waals surface area contributed by atoms with Crippen LogP contribution in [-0.4, -0.2) is 191 Å². The molecule has 0 saturated carbocycles. The van der Waals surface area contributed by atoms with E-state index >= 15 is 0 Å². The molecule has 0 radical (unpaired) electrons. The molecule has 7 N–H and O–H groups in total. The van der Waals surface area contributed by atoms with E-state index < -0.39 is 17.6 Å². The van der Waals surface area contributed by atoms with Crippen LogP contribution in [0.5, 0.6) is 0 Å². The van der Waals surface area contributed by atoms with Gasteiger partial charge in [0.2, 0.25) is 0 Å². The number of carboxylic acid groups (broad SMARTS) is 1. The molecule has 5 saturated heterocycles. The largest absolute Gasteiger partial charge is 0.478 e. The minimum Gasteiger partial charge on any atom is -0.478 e. The normalized spacial score (nSPS) is 19.3. The van der Waals surface area contributed by atoms with E-state index in [-0.39, 0.29) is 62.6 Å². The van der Waals surface area contributed by atoms with E-state index in [9.17, 15) is 38.2 Å². The Hall–Kier alpha value is -6.40. The summed E-state index contributed by atoms with van der Waals surface area (Å²) in [6.45, 7) is 19.8. The van der Waals surface area contributed by atoms with Crippen molar-refractivity contribution >= 4 is 33.4 Å². The number of amides is 1. The van der Waals surface area contributed by atoms with Crippen molar-refractivity contribution in [3.63, 3.8) is 0 Å². The fourth-order valence-corrected chi connectivity index (χ4v) is 10.8. The van der Waals surface area contributed by atoms with Gasteiger partial charge in [-0.2, -0.15) is 10.2 Å². The predicted molar refractivity (Wildman–Crippen MR) is 340 cm³/mol. The quantitative estimate of drug-likeness (QED) is 0.0722. The van der Waals surface area contributed by atoms with E-state index in [4.69, 9.17) is 19.3 Å². The number of piperidine rings is 5. The zero-order chi connectivity index (χ0) is 64.3. The first-order valence-corrected chi connectivity index (χ1v) is 30.6. The Morgan fingerprint density at radius 3 is 1.24 bits per heavy atom. The maximum atomic E-state index is 14.5. The van der Waals surface area contributed by atoms with Crippen LogP contribution < -0.4 is 21.8 Å². The topological polar surface area (TPSA) is 248 Å². The van der Waals surface area contributed by atoms with Crippen LogP contribution in [0.15, 0.2) is 94.5 Å². The second-order valence-corrected chi connectivity index (χ2v) is 25.2. The molecule has 7 heterocycles. The van der Waals surface area contributed by atoms with E-state index in [1.165, 1.54) is 44.1 Å². The molecular weight excluding hydrogens is 1130 g/mol. The molecule has 5 aliphatic heterocycles. The zero-order valence-electron chi connectivity index (χ0n) is 53.3. The molecule has 1 amide bonds. The molecule has 2 aromatic heterocycles. The number of nitrogens with zero attached hydrogens (tertiary/aromatic N) is 5. The number of aromatic nitrogens is 4. The van der Waals surface area contributed by atoms with Gasteiger partial charge in [0.15, 0.2) is 0 Å². The number of nitrogens with one attached hydrogen (secondary N) is 4. The van der Waals surface area contributed by atoms with Gasteiger partial charge in [-0.25, -0.2) is 23.8 Å². The number of benzene rings is 4. The number of H-pyrrole nitrogens is 2. The summed E-state index contributed by atoms with van der Waals surface area (Å²) in [6, 6.07) is 22.7. The third-order valence-corrected chi connectivity index (χ3v) is 17.9. The average Bonchev–Trinajstić information content (AvgIpc) is 1.23. The number of halogens is 2. The smallest absolute Gasteiger partial charge is 0.338 e. The zero-order valence-corrected chi connectivity index (χ0v) is 53.3. The molecule has 21 heteroatoms. The molecule has 0 spiro atoms. The summed E-state index contributed by atoms with van der Waals surface area (Å²) in [5, 5.41) is 49.8. The minimum absolute atomic E-state index is 0.0576. The van der Waals surface area contributed by atoms with Crippen molar-refractivity contribution in [1.29, 1.82) is 0 Å². The molecule has 5 aliphatic rings. The van der Waals surface area contributed by atoms with Crippen LogP contribution in [-0.2, 0) is 27.1 Å². The first-order chi connectivity index (χ1) is 41.7. The van der Waals surface area contributed by atoms with E-state index in [1.807, 2.05) is 40.0 Å². The number of likely N-dealkylation sites (tertiary alicyclic amines) is 3. The summed E-state index contributed by atoms with van der Waals surface area (Å²) in [4.78, 5) is 53.9. The Labute approximate surface area is 516 Å². The summed E-state index contributed by atoms with van der Waals surface area (Å²) < 4.78 is 44.2. The second kappa shape index (κ2) is 32.4.